The van der Waals surface area contributed by atoms with Crippen LogP contribution in [0, 0.1) is 28.4 Å². The first-order valence-electron chi connectivity index (χ1n) is 9.17. The smallest absolute Gasteiger partial charge is 0.275 e. The number of hydrogen-bond donors (Lipinski definition) is 1. The van der Waals surface area contributed by atoms with Gasteiger partial charge in [0.2, 0.25) is 17.5 Å². The number of carbonyl (C=O) groups excluding carboxylic acids is 3. The highest BCUT2D eigenvalue weighted by Gasteiger charge is 2.54. The zero-order valence-corrected chi connectivity index (χ0v) is 16.6. The number of Topliss-reactive ketones (excluding diaryl/α,β-unsaturated/α-hetero) is 2. The fourth-order valence-electron chi connectivity index (χ4n) is 3.83. The number of nitrogens with zero attached hydrogens (tertiary/aromatic N) is 2. The van der Waals surface area contributed by atoms with Gasteiger partial charge in [0, 0.05) is 38.2 Å². The van der Waals surface area contributed by atoms with E-state index < -0.39 is 71.0 Å². The quantitative estimate of drug-likeness (QED) is 0.422. The largest absolute Gasteiger partial charge is 0.343 e. The minimum atomic E-state index is -2.88. The van der Waals surface area contributed by atoms with Crippen molar-refractivity contribution in [2.75, 3.05) is 5.32 Å². The Balaban J connectivity index is 1.78. The number of benzene rings is 1. The van der Waals surface area contributed by atoms with Gasteiger partial charge in [-0.25, -0.2) is 17.6 Å². The first-order chi connectivity index (χ1) is 14.4. The Labute approximate surface area is 174 Å². The van der Waals surface area contributed by atoms with Gasteiger partial charge in [-0.3, -0.25) is 14.4 Å². The van der Waals surface area contributed by atoms with E-state index in [1.165, 1.54) is 20.0 Å². The highest BCUT2D eigenvalue weighted by atomic mass is 19.3. The van der Waals surface area contributed by atoms with Crippen LogP contribution < -0.4 is 5.32 Å². The number of aryl methyl sites for hydroxylation is 1. The Hall–Kier alpha value is -3.48. The third-order valence-corrected chi connectivity index (χ3v) is 5.14. The van der Waals surface area contributed by atoms with Crippen LogP contribution in [-0.2, 0) is 11.8 Å². The van der Waals surface area contributed by atoms with Crippen molar-refractivity contribution in [3.8, 4) is 6.07 Å². The predicted octanol–water partition coefficient (Wildman–Crippen LogP) is 4.00. The molecule has 1 heterocycles. The first kappa shape index (κ1) is 22.2. The molecule has 10 heteroatoms. The Bertz CT molecular complexity index is 1140. The summed E-state index contributed by atoms with van der Waals surface area (Å²) in [4.78, 5) is 37.1. The topological polar surface area (TPSA) is 92.0 Å². The Morgan fingerprint density at radius 2 is 1.87 bits per heavy atom. The Morgan fingerprint density at radius 3 is 2.45 bits per heavy atom. The molecule has 1 saturated carbocycles. The normalized spacial score (nSPS) is 16.2. The summed E-state index contributed by atoms with van der Waals surface area (Å²) in [6.45, 7) is 1.45. The third kappa shape index (κ3) is 4.35. The summed E-state index contributed by atoms with van der Waals surface area (Å²) in [5.41, 5.74) is -2.57. The molecule has 162 valence electrons. The Morgan fingerprint density at radius 1 is 1.23 bits per heavy atom. The van der Waals surface area contributed by atoms with E-state index in [-0.39, 0.29) is 11.3 Å². The summed E-state index contributed by atoms with van der Waals surface area (Å²) in [6, 6.07) is 4.77. The maximum absolute atomic E-state index is 14.8. The van der Waals surface area contributed by atoms with Crippen molar-refractivity contribution < 1.29 is 31.9 Å². The van der Waals surface area contributed by atoms with Crippen molar-refractivity contribution in [3.63, 3.8) is 0 Å². The number of aromatic nitrogens is 1. The molecule has 0 spiro atoms. The molecular formula is C21H17F4N3O3. The van der Waals surface area contributed by atoms with E-state index in [9.17, 15) is 31.9 Å². The van der Waals surface area contributed by atoms with Gasteiger partial charge in [-0.2, -0.15) is 5.26 Å². The standard InChI is InChI=1S/C21H17F4N3O3/c1-20(9-21(24,25)10-20)6-15(29)18(30)13-8-28(2)17(16(13)23)19(31)27-12-3-4-14(22)11(5-12)7-26/h3-5,8H,6,9-10H2,1-2H3,(H,27,31). The highest BCUT2D eigenvalue weighted by molar-refractivity contribution is 6.44. The van der Waals surface area contributed by atoms with Gasteiger partial charge in [-0.15, -0.1) is 0 Å². The van der Waals surface area contributed by atoms with Crippen molar-refractivity contribution in [2.45, 2.75) is 32.1 Å². The van der Waals surface area contributed by atoms with Gasteiger partial charge in [0.1, 0.15) is 17.6 Å². The van der Waals surface area contributed by atoms with Gasteiger partial charge in [0.05, 0.1) is 11.1 Å². The number of anilines is 1. The summed E-state index contributed by atoms with van der Waals surface area (Å²) in [6.07, 6.45) is -0.560. The molecule has 3 rings (SSSR count). The SMILES string of the molecule is Cn1cc(C(=O)C(=O)CC2(C)CC(F)(F)C2)c(F)c1C(=O)Nc1ccc(F)c(C#N)c1. The molecule has 0 unspecified atom stereocenters. The predicted molar refractivity (Wildman–Crippen MR) is 101 cm³/mol. The molecule has 2 aromatic rings. The number of amides is 1. The highest BCUT2D eigenvalue weighted by Crippen LogP contribution is 2.53. The van der Waals surface area contributed by atoms with Crippen LogP contribution in [0.3, 0.4) is 0 Å². The summed E-state index contributed by atoms with van der Waals surface area (Å²) < 4.78 is 55.5. The van der Waals surface area contributed by atoms with Gasteiger partial charge >= 0.3 is 0 Å². The van der Waals surface area contributed by atoms with Crippen molar-refractivity contribution in [1.82, 2.24) is 4.57 Å². The molecule has 0 radical (unpaired) electrons. The van der Waals surface area contributed by atoms with E-state index >= 15 is 0 Å². The zero-order chi connectivity index (χ0) is 23.1. The Kier molecular flexibility index (Phi) is 5.48. The lowest BCUT2D eigenvalue weighted by atomic mass is 9.64. The number of ketones is 2. The fourth-order valence-corrected chi connectivity index (χ4v) is 3.83. The molecular weight excluding hydrogens is 418 g/mol. The first-order valence-corrected chi connectivity index (χ1v) is 9.17. The van der Waals surface area contributed by atoms with E-state index in [0.29, 0.717) is 0 Å². The maximum atomic E-state index is 14.8. The monoisotopic (exact) mass is 435 g/mol. The molecule has 1 N–H and O–H groups in total. The van der Waals surface area contributed by atoms with E-state index in [1.54, 1.807) is 6.07 Å². The summed E-state index contributed by atoms with van der Waals surface area (Å²) in [5, 5.41) is 11.1. The molecule has 1 aromatic heterocycles. The molecule has 6 nitrogen and oxygen atoms in total. The molecule has 0 aliphatic heterocycles. The van der Waals surface area contributed by atoms with Gasteiger partial charge in [0.15, 0.2) is 5.82 Å². The summed E-state index contributed by atoms with van der Waals surface area (Å²) >= 11 is 0. The van der Waals surface area contributed by atoms with Crippen LogP contribution in [0.2, 0.25) is 0 Å². The van der Waals surface area contributed by atoms with Crippen LogP contribution in [0.5, 0.6) is 0 Å². The molecule has 0 atom stereocenters. The molecule has 1 amide bonds. The average Bonchev–Trinajstić information content (AvgIpc) is 2.94. The number of nitriles is 1. The number of rotatable bonds is 6. The molecule has 31 heavy (non-hydrogen) atoms. The molecule has 1 aliphatic carbocycles. The van der Waals surface area contributed by atoms with Gasteiger partial charge in [-0.1, -0.05) is 6.92 Å². The molecule has 0 bridgehead atoms. The number of carbonyl (C=O) groups is 3. The van der Waals surface area contributed by atoms with Crippen LogP contribution >= 0.6 is 0 Å². The van der Waals surface area contributed by atoms with E-state index in [0.717, 1.165) is 22.9 Å². The fraction of sp³-hybridized carbons (Fsp3) is 0.333. The number of halogens is 4. The van der Waals surface area contributed by atoms with Gasteiger partial charge in [-0.05, 0) is 23.6 Å². The lowest BCUT2D eigenvalue weighted by Crippen LogP contribution is -2.45. The third-order valence-electron chi connectivity index (χ3n) is 5.14. The molecule has 1 aliphatic rings. The van der Waals surface area contributed by atoms with Gasteiger partial charge < -0.3 is 9.88 Å². The van der Waals surface area contributed by atoms with Crippen LogP contribution in [-0.4, -0.2) is 28.0 Å². The number of nitrogens with one attached hydrogen (secondary N) is 1. The van der Waals surface area contributed by atoms with Crippen molar-refractivity contribution in [1.29, 1.82) is 5.26 Å². The van der Waals surface area contributed by atoms with E-state index in [1.807, 2.05) is 0 Å². The minimum Gasteiger partial charge on any atom is -0.343 e. The maximum Gasteiger partial charge on any atom is 0.275 e. The summed E-state index contributed by atoms with van der Waals surface area (Å²) in [5.74, 6) is -8.15. The number of hydrogen-bond acceptors (Lipinski definition) is 4. The minimum absolute atomic E-state index is 0.0198. The second-order valence-corrected chi connectivity index (χ2v) is 8.03. The van der Waals surface area contributed by atoms with Crippen molar-refractivity contribution >= 4 is 23.2 Å². The summed E-state index contributed by atoms with van der Waals surface area (Å²) in [7, 11) is 1.28. The van der Waals surface area contributed by atoms with Crippen LogP contribution in [0.1, 0.15) is 52.6 Å². The van der Waals surface area contributed by atoms with Crippen molar-refractivity contribution in [3.05, 3.63) is 52.9 Å². The van der Waals surface area contributed by atoms with Crippen LogP contribution in [0.15, 0.2) is 24.4 Å². The lowest BCUT2D eigenvalue weighted by molar-refractivity contribution is -0.159. The van der Waals surface area contributed by atoms with Crippen LogP contribution in [0.4, 0.5) is 23.2 Å². The second kappa shape index (κ2) is 7.65. The van der Waals surface area contributed by atoms with E-state index in [2.05, 4.69) is 5.32 Å². The van der Waals surface area contributed by atoms with Crippen molar-refractivity contribution in [2.24, 2.45) is 12.5 Å². The molecule has 1 aromatic carbocycles. The molecule has 0 saturated heterocycles. The average molecular weight is 435 g/mol. The second-order valence-electron chi connectivity index (χ2n) is 8.03. The number of alkyl halides is 2. The van der Waals surface area contributed by atoms with Gasteiger partial charge in [0.25, 0.3) is 5.91 Å². The lowest BCUT2D eigenvalue weighted by Gasteiger charge is -2.44. The molecule has 1 fully saturated rings. The van der Waals surface area contributed by atoms with Crippen LogP contribution in [0.25, 0.3) is 0 Å². The zero-order valence-electron chi connectivity index (χ0n) is 16.6. The van der Waals surface area contributed by atoms with E-state index in [4.69, 9.17) is 5.26 Å².